The highest BCUT2D eigenvalue weighted by atomic mass is 16.6. The molecule has 0 unspecified atom stereocenters. The summed E-state index contributed by atoms with van der Waals surface area (Å²) in [5, 5.41) is 45.7. The molecule has 0 aliphatic carbocycles. The number of carboxylic acids is 4. The third kappa shape index (κ3) is 54.6. The van der Waals surface area contributed by atoms with E-state index in [1.165, 1.54) is 36.4 Å². The van der Waals surface area contributed by atoms with E-state index in [-0.39, 0.29) is 152 Å². The van der Waals surface area contributed by atoms with Crippen LogP contribution in [0.15, 0.2) is 97.1 Å². The Bertz CT molecular complexity index is 4170. The van der Waals surface area contributed by atoms with E-state index in [0.29, 0.717) is 9.80 Å². The minimum Gasteiger partial charge on any atom is -0.484 e. The van der Waals surface area contributed by atoms with Crippen LogP contribution in [-0.2, 0) is 137 Å². The first-order chi connectivity index (χ1) is 62.0. The number of carboxylic acid groups (broad SMARTS) is 4. The van der Waals surface area contributed by atoms with Gasteiger partial charge in [0, 0.05) is 38.3 Å². The van der Waals surface area contributed by atoms with Gasteiger partial charge >= 0.3 is 59.7 Å². The lowest BCUT2D eigenvalue weighted by atomic mass is 10.2. The van der Waals surface area contributed by atoms with E-state index in [4.69, 9.17) is 86.7 Å². The van der Waals surface area contributed by atoms with Crippen molar-refractivity contribution in [1.29, 1.82) is 0 Å². The number of carbonyl (C=O) groups is 18. The molecule has 0 aliphatic heterocycles. The van der Waals surface area contributed by atoms with Crippen LogP contribution in [0.25, 0.3) is 0 Å². The van der Waals surface area contributed by atoms with Crippen molar-refractivity contribution in [3.63, 3.8) is 0 Å². The number of carbonyl (C=O) groups excluding carboxylic acids is 14. The summed E-state index contributed by atoms with van der Waals surface area (Å²) in [5.41, 5.74) is -1.80. The molecule has 0 atom stereocenters. The smallest absolute Gasteiger partial charge is 0.338 e. The van der Waals surface area contributed by atoms with E-state index in [1.807, 2.05) is 6.07 Å². The number of nitrogens with one attached hydrogen (secondary N) is 4. The van der Waals surface area contributed by atoms with Gasteiger partial charge in [0.15, 0.2) is 26.4 Å². The second kappa shape index (κ2) is 58.8. The predicted octanol–water partition coefficient (Wildman–Crippen LogP) is 2.71. The Kier molecular flexibility index (Phi) is 50.2. The molecule has 0 spiro atoms. The SMILES string of the molecule is CC(C)(C)OC(=O)CN(CC(=O)OC(C)(C)C)C(=O)CCOCCNC(=O)COc1cc(OCC(=O)NCCOCCC(=O)N(CC(=O)OC(C)(C)C)CC(=O)OC(C)(C)C)cc(C(=O)OCc2ccccc2)c1.O=C(O)CN(CC(=O)O)C(=O)CCOCCNC(=O)COc1cc(OCC(=O)NCCOCCC(=O)N(CC(=O)O)CC(=O)O)cc(C(=O)OCc2ccccc2)c1. The van der Waals surface area contributed by atoms with E-state index in [0.717, 1.165) is 20.9 Å². The van der Waals surface area contributed by atoms with Gasteiger partial charge in [0.25, 0.3) is 23.6 Å². The summed E-state index contributed by atoms with van der Waals surface area (Å²) in [6.07, 6.45) is -0.945. The van der Waals surface area contributed by atoms with Crippen molar-refractivity contribution in [3.8, 4) is 23.0 Å². The molecule has 4 rings (SSSR count). The minimum atomic E-state index is -1.37. The first-order valence-corrected chi connectivity index (χ1v) is 41.5. The summed E-state index contributed by atoms with van der Waals surface area (Å²) in [5.74, 6) is -14.6. The third-order valence-electron chi connectivity index (χ3n) is 15.9. The van der Waals surface area contributed by atoms with Crippen LogP contribution in [0.5, 0.6) is 23.0 Å². The van der Waals surface area contributed by atoms with Gasteiger partial charge < -0.3 is 128 Å². The lowest BCUT2D eigenvalue weighted by Gasteiger charge is -2.26. The Morgan fingerprint density at radius 1 is 0.288 bits per heavy atom. The quantitative estimate of drug-likeness (QED) is 0.0179. The normalized spacial score (nSPS) is 11.1. The van der Waals surface area contributed by atoms with Crippen LogP contribution in [0.1, 0.15) is 141 Å². The van der Waals surface area contributed by atoms with Crippen molar-refractivity contribution in [2.24, 2.45) is 0 Å². The average molecular weight is 1870 g/mol. The molecule has 4 aromatic carbocycles. The lowest BCUT2D eigenvalue weighted by molar-refractivity contribution is -0.165. The van der Waals surface area contributed by atoms with Crippen molar-refractivity contribution in [1.82, 2.24) is 40.9 Å². The number of esters is 6. The number of ether oxygens (including phenoxy) is 14. The zero-order valence-electron chi connectivity index (χ0n) is 76.1. The fourth-order valence-electron chi connectivity index (χ4n) is 10.6. The zero-order chi connectivity index (χ0) is 98.6. The van der Waals surface area contributed by atoms with Crippen LogP contribution in [0.3, 0.4) is 0 Å². The Hall–Kier alpha value is -13.6. The molecule has 728 valence electrons. The molecule has 0 fully saturated rings. The number of hydrogen-bond donors (Lipinski definition) is 8. The topological polar surface area (TPSA) is 578 Å². The Morgan fingerprint density at radius 3 is 0.705 bits per heavy atom. The number of benzene rings is 4. The monoisotopic (exact) mass is 1860 g/mol. The van der Waals surface area contributed by atoms with Gasteiger partial charge in [-0.25, -0.2) is 9.59 Å². The molecule has 0 aliphatic rings. The molecule has 0 heterocycles. The average Bonchev–Trinajstić information content (AvgIpc) is 0.846. The van der Waals surface area contributed by atoms with Crippen LogP contribution in [-0.4, -0.2) is 327 Å². The number of nitrogens with zero attached hydrogens (tertiary/aromatic N) is 4. The van der Waals surface area contributed by atoms with E-state index < -0.39 is 208 Å². The van der Waals surface area contributed by atoms with Crippen LogP contribution in [0.2, 0.25) is 0 Å². The molecule has 132 heavy (non-hydrogen) atoms. The fourth-order valence-corrected chi connectivity index (χ4v) is 10.6. The molecule has 8 amide bonds. The summed E-state index contributed by atoms with van der Waals surface area (Å²) < 4.78 is 76.1. The summed E-state index contributed by atoms with van der Waals surface area (Å²) in [6, 6.07) is 25.8. The van der Waals surface area contributed by atoms with Crippen molar-refractivity contribution < 1.29 is 173 Å². The van der Waals surface area contributed by atoms with Gasteiger partial charge in [0.05, 0.1) is 89.7 Å². The maximum absolute atomic E-state index is 13.2. The van der Waals surface area contributed by atoms with Gasteiger partial charge in [-0.2, -0.15) is 0 Å². The van der Waals surface area contributed by atoms with Gasteiger partial charge in [-0.3, -0.25) is 76.7 Å². The van der Waals surface area contributed by atoms with Crippen molar-refractivity contribution >= 4 is 107 Å². The second-order valence-electron chi connectivity index (χ2n) is 32.4. The summed E-state index contributed by atoms with van der Waals surface area (Å²) in [6.45, 7) is 12.4. The number of aliphatic carboxylic acids is 4. The van der Waals surface area contributed by atoms with Gasteiger partial charge in [-0.15, -0.1) is 0 Å². The fraction of sp³-hybridized carbons (Fsp3) is 0.523. The molecule has 4 aromatic rings. The molecule has 8 N–H and O–H groups in total. The highest BCUT2D eigenvalue weighted by Crippen LogP contribution is 2.27. The first kappa shape index (κ1) is 113. The van der Waals surface area contributed by atoms with Crippen LogP contribution >= 0.6 is 0 Å². The highest BCUT2D eigenvalue weighted by molar-refractivity contribution is 5.93. The molecular weight excluding hydrogens is 1740 g/mol. The van der Waals surface area contributed by atoms with Gasteiger partial charge in [0.2, 0.25) is 23.6 Å². The second-order valence-corrected chi connectivity index (χ2v) is 32.4. The summed E-state index contributed by atoms with van der Waals surface area (Å²) in [7, 11) is 0. The molecule has 0 radical (unpaired) electrons. The van der Waals surface area contributed by atoms with E-state index in [9.17, 15) is 86.3 Å². The van der Waals surface area contributed by atoms with Crippen LogP contribution in [0.4, 0.5) is 0 Å². The third-order valence-corrected chi connectivity index (χ3v) is 15.9. The lowest BCUT2D eigenvalue weighted by Crippen LogP contribution is -2.43. The van der Waals surface area contributed by atoms with Crippen molar-refractivity contribution in [2.45, 2.75) is 144 Å². The van der Waals surface area contributed by atoms with E-state index >= 15 is 0 Å². The van der Waals surface area contributed by atoms with Crippen molar-refractivity contribution in [2.75, 3.05) is 158 Å². The standard InChI is InChI=1S/C52H76N4O18.C36H44N4O18/c1-49(2,3)71-44(61)29-55(30-45(62)72-50(4,5)6)42(59)18-22-66-24-20-53-40(57)34-68-38-26-37(48(65)70-33-36-16-14-13-15-17-36)27-39(28-38)69-35-41(58)54-21-25-67-23-19-43(60)56(31-46(63)73-51(7,8)9)32-47(64)74-52(10,11)12;41-28(37-8-12-54-10-6-30(43)39(17-32(45)46)18-33(47)48)22-56-26-14-25(36(53)58-21-24-4-2-1-3-5-24)15-27(16-26)57-23-29(42)38-9-13-55-11-7-31(44)40(19-34(49)50)20-35(51)52/h13-17,26-28H,18-25,29-35H2,1-12H3,(H,53,57)(H,54,58);1-5,14-16H,6-13,17-23H2,(H,37,41)(H,38,42)(H,45,46)(H,47,48)(H,49,50)(H,51,52). The Morgan fingerprint density at radius 2 is 0.500 bits per heavy atom. The predicted molar refractivity (Wildman–Crippen MR) is 460 cm³/mol. The van der Waals surface area contributed by atoms with Crippen molar-refractivity contribution in [3.05, 3.63) is 119 Å². The molecule has 0 saturated heterocycles. The maximum Gasteiger partial charge on any atom is 0.338 e. The number of hydrogen-bond acceptors (Lipinski definition) is 32. The highest BCUT2D eigenvalue weighted by Gasteiger charge is 2.30. The largest absolute Gasteiger partial charge is 0.484 e. The van der Waals surface area contributed by atoms with E-state index in [2.05, 4.69) is 21.3 Å². The molecular formula is C88H120N8O36. The number of amides is 8. The Balaban J connectivity index is 0.000000700. The van der Waals surface area contributed by atoms with Crippen LogP contribution in [0, 0.1) is 0 Å². The Labute approximate surface area is 762 Å². The minimum absolute atomic E-state index is 0.000750. The molecule has 0 bridgehead atoms. The van der Waals surface area contributed by atoms with Gasteiger partial charge in [-0.1, -0.05) is 60.7 Å². The van der Waals surface area contributed by atoms with Gasteiger partial charge in [-0.05, 0) is 118 Å². The summed E-state index contributed by atoms with van der Waals surface area (Å²) >= 11 is 0. The molecule has 0 aromatic heterocycles. The first-order valence-electron chi connectivity index (χ1n) is 41.5. The molecule has 44 heteroatoms. The zero-order valence-corrected chi connectivity index (χ0v) is 76.1. The maximum atomic E-state index is 13.2. The van der Waals surface area contributed by atoms with Gasteiger partial charge in [0.1, 0.15) is 111 Å². The number of rotatable bonds is 58. The summed E-state index contributed by atoms with van der Waals surface area (Å²) in [4.78, 5) is 224. The molecule has 44 nitrogen and oxygen atoms in total. The van der Waals surface area contributed by atoms with E-state index in [1.54, 1.807) is 138 Å². The van der Waals surface area contributed by atoms with Crippen LogP contribution < -0.4 is 40.2 Å². The molecule has 0 saturated carbocycles.